The van der Waals surface area contributed by atoms with E-state index in [1.54, 1.807) is 16.2 Å². The average molecular weight is 372 g/mol. The molecule has 2 amide bonds. The van der Waals surface area contributed by atoms with Crippen LogP contribution in [0.4, 0.5) is 5.69 Å². The van der Waals surface area contributed by atoms with Crippen LogP contribution in [-0.2, 0) is 4.79 Å². The smallest absolute Gasteiger partial charge is 0.257 e. The second kappa shape index (κ2) is 7.65. The van der Waals surface area contributed by atoms with E-state index < -0.39 is 0 Å². The molecule has 2 heterocycles. The van der Waals surface area contributed by atoms with Crippen LogP contribution in [-0.4, -0.2) is 45.1 Å². The van der Waals surface area contributed by atoms with Gasteiger partial charge in [-0.15, -0.1) is 21.5 Å². The van der Waals surface area contributed by atoms with Crippen LogP contribution < -0.4 is 5.32 Å². The van der Waals surface area contributed by atoms with Crippen molar-refractivity contribution in [3.05, 3.63) is 46.4 Å². The number of phenolic OH excluding ortho intramolecular Hbond substituents is 1. The maximum atomic E-state index is 12.8. The van der Waals surface area contributed by atoms with Gasteiger partial charge in [0.15, 0.2) is 0 Å². The summed E-state index contributed by atoms with van der Waals surface area (Å²) in [6.45, 7) is 6.50. The Kier molecular flexibility index (Phi) is 5.32. The molecule has 0 unspecified atom stereocenters. The van der Waals surface area contributed by atoms with Gasteiger partial charge >= 0.3 is 0 Å². The molecule has 0 bridgehead atoms. The summed E-state index contributed by atoms with van der Waals surface area (Å²) in [5.74, 6) is -0.406. The molecule has 1 aliphatic rings. The molecule has 1 aromatic heterocycles. The molecule has 0 radical (unpaired) electrons. The number of benzene rings is 1. The molecule has 1 aromatic carbocycles. The third-order valence-corrected chi connectivity index (χ3v) is 5.35. The first kappa shape index (κ1) is 18.1. The number of aromatic hydroxyl groups is 1. The normalized spacial score (nSPS) is 14.9. The maximum absolute atomic E-state index is 12.8. The Labute approximate surface area is 155 Å². The van der Waals surface area contributed by atoms with Gasteiger partial charge in [-0.1, -0.05) is 6.58 Å². The molecule has 26 heavy (non-hydrogen) atoms. The van der Waals surface area contributed by atoms with E-state index in [4.69, 9.17) is 0 Å². The highest BCUT2D eigenvalue weighted by molar-refractivity contribution is 7.11. The summed E-state index contributed by atoms with van der Waals surface area (Å²) in [6, 6.07) is 4.43. The molecule has 3 rings (SSSR count). The van der Waals surface area contributed by atoms with Crippen LogP contribution in [0, 0.1) is 6.92 Å². The Morgan fingerprint density at radius 3 is 2.69 bits per heavy atom. The third-order valence-electron chi connectivity index (χ3n) is 4.35. The zero-order valence-electron chi connectivity index (χ0n) is 14.4. The minimum Gasteiger partial charge on any atom is -0.507 e. The lowest BCUT2D eigenvalue weighted by Crippen LogP contribution is -2.38. The van der Waals surface area contributed by atoms with Crippen LogP contribution in [0.5, 0.6) is 5.75 Å². The Bertz CT molecular complexity index is 841. The highest BCUT2D eigenvalue weighted by Gasteiger charge is 2.27. The fourth-order valence-corrected chi connectivity index (χ4v) is 3.82. The molecule has 1 aliphatic heterocycles. The molecular formula is C18H20N4O3S. The monoisotopic (exact) mass is 372 g/mol. The molecule has 7 nitrogen and oxygen atoms in total. The van der Waals surface area contributed by atoms with E-state index >= 15 is 0 Å². The van der Waals surface area contributed by atoms with Gasteiger partial charge in [0.05, 0.1) is 5.56 Å². The Balaban J connectivity index is 1.69. The minimum absolute atomic E-state index is 0.103. The number of nitrogens with one attached hydrogen (secondary N) is 1. The van der Waals surface area contributed by atoms with Gasteiger partial charge in [-0.05, 0) is 44.0 Å². The van der Waals surface area contributed by atoms with E-state index in [9.17, 15) is 14.7 Å². The van der Waals surface area contributed by atoms with Gasteiger partial charge in [0.25, 0.3) is 5.91 Å². The predicted molar refractivity (Wildman–Crippen MR) is 99.5 cm³/mol. The first-order valence-electron chi connectivity index (χ1n) is 8.33. The largest absolute Gasteiger partial charge is 0.507 e. The summed E-state index contributed by atoms with van der Waals surface area (Å²) in [5.41, 5.74) is 0.618. The average Bonchev–Trinajstić information content (AvgIpc) is 3.09. The lowest BCUT2D eigenvalue weighted by Gasteiger charge is -2.31. The van der Waals surface area contributed by atoms with Gasteiger partial charge in [-0.2, -0.15) is 0 Å². The van der Waals surface area contributed by atoms with Gasteiger partial charge in [-0.25, -0.2) is 0 Å². The summed E-state index contributed by atoms with van der Waals surface area (Å²) in [7, 11) is 0. The van der Waals surface area contributed by atoms with Crippen LogP contribution in [0.3, 0.4) is 0 Å². The highest BCUT2D eigenvalue weighted by atomic mass is 32.1. The van der Waals surface area contributed by atoms with Crippen LogP contribution in [0.1, 0.15) is 39.1 Å². The predicted octanol–water partition coefficient (Wildman–Crippen LogP) is 2.70. The zero-order valence-corrected chi connectivity index (χ0v) is 15.3. The van der Waals surface area contributed by atoms with Crippen LogP contribution in [0.15, 0.2) is 30.9 Å². The van der Waals surface area contributed by atoms with E-state index in [-0.39, 0.29) is 23.1 Å². The number of carbonyl (C=O) groups excluding carboxylic acids is 2. The first-order chi connectivity index (χ1) is 12.5. The van der Waals surface area contributed by atoms with E-state index in [0.717, 1.165) is 28.9 Å². The van der Waals surface area contributed by atoms with E-state index in [1.165, 1.54) is 18.2 Å². The number of carbonyl (C=O) groups is 2. The van der Waals surface area contributed by atoms with Crippen molar-refractivity contribution in [2.45, 2.75) is 25.7 Å². The molecule has 0 saturated carbocycles. The summed E-state index contributed by atoms with van der Waals surface area (Å²) in [6.07, 6.45) is 2.77. The molecule has 0 aliphatic carbocycles. The number of piperidine rings is 1. The lowest BCUT2D eigenvalue weighted by atomic mass is 9.97. The van der Waals surface area contributed by atoms with Gasteiger partial charge in [0.2, 0.25) is 5.91 Å². The number of anilines is 1. The van der Waals surface area contributed by atoms with Crippen LogP contribution >= 0.6 is 11.3 Å². The van der Waals surface area contributed by atoms with Crippen molar-refractivity contribution in [1.29, 1.82) is 0 Å². The lowest BCUT2D eigenvalue weighted by molar-refractivity contribution is -0.111. The number of aromatic nitrogens is 2. The Morgan fingerprint density at radius 2 is 2.08 bits per heavy atom. The molecule has 0 atom stereocenters. The third kappa shape index (κ3) is 3.91. The quantitative estimate of drug-likeness (QED) is 0.635. The molecule has 1 fully saturated rings. The van der Waals surface area contributed by atoms with Gasteiger partial charge in [0.1, 0.15) is 15.8 Å². The molecular weight excluding hydrogens is 352 g/mol. The fraction of sp³-hybridized carbons (Fsp3) is 0.333. The highest BCUT2D eigenvalue weighted by Crippen LogP contribution is 2.31. The van der Waals surface area contributed by atoms with Crippen molar-refractivity contribution in [2.75, 3.05) is 18.4 Å². The molecule has 2 N–H and O–H groups in total. The standard InChI is InChI=1S/C18H20N4O3S/c1-3-16(24)19-13-4-5-15(23)14(10-13)18(25)22-8-6-12(7-9-22)17-21-20-11(2)26-17/h3-5,10,12,23H,1,6-9H2,2H3,(H,19,24). The van der Waals surface area contributed by atoms with Gasteiger partial charge in [0, 0.05) is 24.7 Å². The number of phenols is 1. The van der Waals surface area contributed by atoms with Crippen molar-refractivity contribution < 1.29 is 14.7 Å². The number of likely N-dealkylation sites (tertiary alicyclic amines) is 1. The van der Waals surface area contributed by atoms with Crippen molar-refractivity contribution in [2.24, 2.45) is 0 Å². The van der Waals surface area contributed by atoms with Crippen molar-refractivity contribution in [3.8, 4) is 5.75 Å². The Morgan fingerprint density at radius 1 is 1.35 bits per heavy atom. The summed E-state index contributed by atoms with van der Waals surface area (Å²) < 4.78 is 0. The number of amides is 2. The SMILES string of the molecule is C=CC(=O)Nc1ccc(O)c(C(=O)N2CCC(c3nnc(C)s3)CC2)c1. The van der Waals surface area contributed by atoms with Crippen LogP contribution in [0.2, 0.25) is 0 Å². The molecule has 2 aromatic rings. The summed E-state index contributed by atoms with van der Waals surface area (Å²) in [5, 5.41) is 22.9. The Hall–Kier alpha value is -2.74. The van der Waals surface area contributed by atoms with Crippen molar-refractivity contribution in [3.63, 3.8) is 0 Å². The van der Waals surface area contributed by atoms with E-state index in [1.807, 2.05) is 6.92 Å². The topological polar surface area (TPSA) is 95.4 Å². The van der Waals surface area contributed by atoms with Crippen LogP contribution in [0.25, 0.3) is 0 Å². The number of hydrogen-bond acceptors (Lipinski definition) is 6. The molecule has 136 valence electrons. The molecule has 8 heteroatoms. The van der Waals surface area contributed by atoms with E-state index in [0.29, 0.717) is 24.7 Å². The summed E-state index contributed by atoms with van der Waals surface area (Å²) in [4.78, 5) is 25.9. The van der Waals surface area contributed by atoms with E-state index in [2.05, 4.69) is 22.1 Å². The van der Waals surface area contributed by atoms with Gasteiger partial charge < -0.3 is 15.3 Å². The number of rotatable bonds is 4. The number of nitrogens with zero attached hydrogens (tertiary/aromatic N) is 3. The minimum atomic E-state index is -0.373. The van der Waals surface area contributed by atoms with Crippen molar-refractivity contribution >= 4 is 28.8 Å². The molecule has 0 spiro atoms. The zero-order chi connectivity index (χ0) is 18.7. The second-order valence-electron chi connectivity index (χ2n) is 6.15. The summed E-state index contributed by atoms with van der Waals surface area (Å²) >= 11 is 1.60. The first-order valence-corrected chi connectivity index (χ1v) is 9.15. The number of aryl methyl sites for hydroxylation is 1. The van der Waals surface area contributed by atoms with Gasteiger partial charge in [-0.3, -0.25) is 9.59 Å². The second-order valence-corrected chi connectivity index (χ2v) is 7.36. The fourth-order valence-electron chi connectivity index (χ4n) is 2.96. The maximum Gasteiger partial charge on any atom is 0.257 e. The number of hydrogen-bond donors (Lipinski definition) is 2. The molecule has 1 saturated heterocycles. The van der Waals surface area contributed by atoms with Crippen molar-refractivity contribution in [1.82, 2.24) is 15.1 Å².